The van der Waals surface area contributed by atoms with Gasteiger partial charge in [0.25, 0.3) is 0 Å². The zero-order valence-corrected chi connectivity index (χ0v) is 12.0. The van der Waals surface area contributed by atoms with Crippen LogP contribution in [0.3, 0.4) is 0 Å². The third kappa shape index (κ3) is 2.20. The van der Waals surface area contributed by atoms with E-state index in [4.69, 9.17) is 0 Å². The first-order chi connectivity index (χ1) is 11.4. The summed E-state index contributed by atoms with van der Waals surface area (Å²) < 4.78 is 17.6. The summed E-state index contributed by atoms with van der Waals surface area (Å²) in [6.07, 6.45) is -4.84. The molecule has 25 heavy (non-hydrogen) atoms. The summed E-state index contributed by atoms with van der Waals surface area (Å²) in [4.78, 5) is 46.9. The normalized spacial score (nSPS) is 41.3. The molecule has 3 aliphatic heterocycles. The van der Waals surface area contributed by atoms with Crippen molar-refractivity contribution in [2.45, 2.75) is 36.3 Å². The summed E-state index contributed by atoms with van der Waals surface area (Å²) in [5.74, 6) is -16.7. The van der Waals surface area contributed by atoms with Crippen molar-refractivity contribution in [3.05, 3.63) is 11.5 Å². The fourth-order valence-corrected chi connectivity index (χ4v) is 2.47. The lowest BCUT2D eigenvalue weighted by atomic mass is 9.95. The van der Waals surface area contributed by atoms with E-state index in [9.17, 15) is 44.7 Å². The number of hydrogen-bond acceptors (Lipinski definition) is 13. The second-order valence-corrected chi connectivity index (χ2v) is 5.52. The number of aliphatic hydroxyl groups is 5. The summed E-state index contributed by atoms with van der Waals surface area (Å²) >= 11 is 0. The van der Waals surface area contributed by atoms with Crippen molar-refractivity contribution < 1.29 is 63.7 Å². The van der Waals surface area contributed by atoms with E-state index in [1.54, 1.807) is 0 Å². The lowest BCUT2D eigenvalue weighted by Crippen LogP contribution is -2.68. The third-order valence-corrected chi connectivity index (χ3v) is 3.72. The van der Waals surface area contributed by atoms with Crippen LogP contribution in [0.4, 0.5) is 0 Å². The number of cyclic esters (lactones) is 2. The molecule has 2 fully saturated rings. The highest BCUT2D eigenvalue weighted by atomic mass is 16.9. The van der Waals surface area contributed by atoms with E-state index in [1.807, 2.05) is 0 Å². The lowest BCUT2D eigenvalue weighted by molar-refractivity contribution is -0.457. The molecule has 0 aliphatic carbocycles. The summed E-state index contributed by atoms with van der Waals surface area (Å²) in [6, 6.07) is 0. The molecule has 0 radical (unpaired) electrons. The van der Waals surface area contributed by atoms with Gasteiger partial charge in [-0.15, -0.1) is 0 Å². The molecule has 2 bridgehead atoms. The molecule has 0 aromatic heterocycles. The molecule has 4 atom stereocenters. The maximum Gasteiger partial charge on any atom is 0.448 e. The van der Waals surface area contributed by atoms with Crippen molar-refractivity contribution in [1.29, 1.82) is 0 Å². The van der Waals surface area contributed by atoms with E-state index in [2.05, 4.69) is 18.9 Å². The first-order valence-corrected chi connectivity index (χ1v) is 6.59. The number of hydrogen-bond donors (Lipinski definition) is 5. The minimum atomic E-state index is -3.81. The molecule has 2 unspecified atom stereocenters. The van der Waals surface area contributed by atoms with Crippen molar-refractivity contribution in [2.24, 2.45) is 0 Å². The number of fused-ring (bicyclic) bond motifs is 3. The Kier molecular flexibility index (Phi) is 3.26. The number of aliphatic hydroxyl groups excluding tert-OH is 2. The van der Waals surface area contributed by atoms with Crippen LogP contribution in [-0.2, 0) is 38.1 Å². The first kappa shape index (κ1) is 16.9. The highest BCUT2D eigenvalue weighted by Crippen LogP contribution is 2.43. The van der Waals surface area contributed by atoms with Crippen LogP contribution in [0.2, 0.25) is 0 Å². The van der Waals surface area contributed by atoms with E-state index in [-0.39, 0.29) is 0 Å². The molecule has 13 heteroatoms. The molecule has 2 saturated heterocycles. The number of ether oxygens (including phenoxy) is 4. The van der Waals surface area contributed by atoms with Gasteiger partial charge in [0.05, 0.1) is 12.8 Å². The predicted molar refractivity (Wildman–Crippen MR) is 64.5 cm³/mol. The molecule has 0 amide bonds. The number of carbonyl (C=O) groups excluding carboxylic acids is 4. The standard InChI is InChI=1S/C12H10O13/c13-3-1-10(19)2-4(14)24-12(21,25-9(10)18)11(20,23-3)7-5(15)6(16)8(17)22-7/h7,15-16,19-21H,1-2H2/t7-,10?,11-,12?/m0/s1. The Bertz CT molecular complexity index is 739. The van der Waals surface area contributed by atoms with Crippen LogP contribution in [0.1, 0.15) is 12.8 Å². The lowest BCUT2D eigenvalue weighted by Gasteiger charge is -2.41. The van der Waals surface area contributed by atoms with Gasteiger partial charge in [-0.1, -0.05) is 0 Å². The molecule has 0 saturated carbocycles. The van der Waals surface area contributed by atoms with E-state index >= 15 is 0 Å². The Morgan fingerprint density at radius 2 is 1.44 bits per heavy atom. The zero-order chi connectivity index (χ0) is 18.8. The number of rotatable bonds is 1. The van der Waals surface area contributed by atoms with Gasteiger partial charge < -0.3 is 44.5 Å². The first-order valence-electron chi connectivity index (χ1n) is 6.59. The second-order valence-electron chi connectivity index (χ2n) is 5.52. The number of carbonyl (C=O) groups is 4. The summed E-state index contributed by atoms with van der Waals surface area (Å²) in [5, 5.41) is 49.9. The van der Waals surface area contributed by atoms with Crippen LogP contribution < -0.4 is 0 Å². The summed E-state index contributed by atoms with van der Waals surface area (Å²) in [7, 11) is 0. The van der Waals surface area contributed by atoms with Crippen molar-refractivity contribution in [3.8, 4) is 0 Å². The van der Waals surface area contributed by atoms with Gasteiger partial charge in [-0.25, -0.2) is 9.59 Å². The Hall–Kier alpha value is -2.90. The fourth-order valence-electron chi connectivity index (χ4n) is 2.47. The van der Waals surface area contributed by atoms with Crippen LogP contribution in [0, 0.1) is 0 Å². The largest absolute Gasteiger partial charge is 0.505 e. The Balaban J connectivity index is 2.16. The molecule has 3 aliphatic rings. The van der Waals surface area contributed by atoms with Gasteiger partial charge in [-0.05, 0) is 0 Å². The van der Waals surface area contributed by atoms with Gasteiger partial charge in [0.1, 0.15) is 0 Å². The van der Waals surface area contributed by atoms with E-state index in [0.29, 0.717) is 0 Å². The molecule has 0 aromatic carbocycles. The number of esters is 4. The Labute approximate surface area is 136 Å². The maximum atomic E-state index is 12.0. The molecule has 0 spiro atoms. The minimum absolute atomic E-state index is 1.13. The summed E-state index contributed by atoms with van der Waals surface area (Å²) in [5.41, 5.74) is -2.74. The van der Waals surface area contributed by atoms with Gasteiger partial charge in [-0.2, -0.15) is 0 Å². The van der Waals surface area contributed by atoms with Crippen molar-refractivity contribution in [3.63, 3.8) is 0 Å². The monoisotopic (exact) mass is 362 g/mol. The maximum absolute atomic E-state index is 12.0. The van der Waals surface area contributed by atoms with Crippen molar-refractivity contribution >= 4 is 23.9 Å². The van der Waals surface area contributed by atoms with Crippen molar-refractivity contribution in [2.75, 3.05) is 0 Å². The average molecular weight is 362 g/mol. The highest BCUT2D eigenvalue weighted by Gasteiger charge is 2.73. The SMILES string of the molecule is O=C1CC2(O)CC(=O)O[C@@](O)([C@H]3OC(=O)C(O)=C3O)C(O)(O1)OC2=O. The fraction of sp³-hybridized carbons (Fsp3) is 0.500. The molecule has 5 N–H and O–H groups in total. The van der Waals surface area contributed by atoms with E-state index in [0.717, 1.165) is 0 Å². The van der Waals surface area contributed by atoms with E-state index in [1.165, 1.54) is 0 Å². The molecular weight excluding hydrogens is 352 g/mol. The smallest absolute Gasteiger partial charge is 0.448 e. The second kappa shape index (κ2) is 4.81. The quantitative estimate of drug-likeness (QED) is 0.230. The Morgan fingerprint density at radius 1 is 0.880 bits per heavy atom. The van der Waals surface area contributed by atoms with Gasteiger partial charge in [-0.3, -0.25) is 9.59 Å². The van der Waals surface area contributed by atoms with Crippen LogP contribution in [0.5, 0.6) is 0 Å². The average Bonchev–Trinajstić information content (AvgIpc) is 2.69. The van der Waals surface area contributed by atoms with Gasteiger partial charge in [0.2, 0.25) is 11.9 Å². The third-order valence-electron chi connectivity index (χ3n) is 3.72. The van der Waals surface area contributed by atoms with Gasteiger partial charge in [0, 0.05) is 0 Å². The van der Waals surface area contributed by atoms with Gasteiger partial charge in [0.15, 0.2) is 11.4 Å². The van der Waals surface area contributed by atoms with Gasteiger partial charge >= 0.3 is 35.6 Å². The minimum Gasteiger partial charge on any atom is -0.505 e. The molecule has 0 aromatic rings. The van der Waals surface area contributed by atoms with Crippen molar-refractivity contribution in [1.82, 2.24) is 0 Å². The van der Waals surface area contributed by atoms with Crippen LogP contribution >= 0.6 is 0 Å². The molecule has 13 nitrogen and oxygen atoms in total. The topological polar surface area (TPSA) is 206 Å². The predicted octanol–water partition coefficient (Wildman–Crippen LogP) is -3.26. The molecular formula is C12H10O13. The molecule has 3 rings (SSSR count). The Morgan fingerprint density at radius 3 is 1.96 bits per heavy atom. The highest BCUT2D eigenvalue weighted by molar-refractivity contribution is 5.92. The van der Waals surface area contributed by atoms with E-state index < -0.39 is 71.7 Å². The van der Waals surface area contributed by atoms with Crippen LogP contribution in [-0.4, -0.2) is 72.9 Å². The van der Waals surface area contributed by atoms with Crippen LogP contribution in [0.15, 0.2) is 11.5 Å². The molecule has 3 heterocycles. The summed E-state index contributed by atoms with van der Waals surface area (Å²) in [6.45, 7) is 0. The molecule has 136 valence electrons. The zero-order valence-electron chi connectivity index (χ0n) is 12.0. The van der Waals surface area contributed by atoms with Crippen LogP contribution in [0.25, 0.3) is 0 Å².